The van der Waals surface area contributed by atoms with E-state index in [0.29, 0.717) is 12.2 Å². The van der Waals surface area contributed by atoms with Crippen LogP contribution in [0.3, 0.4) is 0 Å². The molecule has 0 bridgehead atoms. The smallest absolute Gasteiger partial charge is 0.272 e. The predicted octanol–water partition coefficient (Wildman–Crippen LogP) is 5.36. The second-order valence-corrected chi connectivity index (χ2v) is 6.17. The van der Waals surface area contributed by atoms with Crippen LogP contribution in [0.2, 0.25) is 10.0 Å². The predicted molar refractivity (Wildman–Crippen MR) is 86.8 cm³/mol. The Hall–Kier alpha value is -1.04. The molecule has 7 heteroatoms. The third kappa shape index (κ3) is 3.78. The number of aryl methyl sites for hydroxylation is 1. The van der Waals surface area contributed by atoms with Crippen LogP contribution in [0.1, 0.15) is 23.8 Å². The van der Waals surface area contributed by atoms with E-state index in [2.05, 4.69) is 21.2 Å². The number of benzene rings is 1. The van der Waals surface area contributed by atoms with E-state index in [0.717, 1.165) is 23.0 Å². The number of carbonyl (C=O) groups excluding carboxylic acids is 1. The fourth-order valence-corrected chi connectivity index (χ4v) is 2.95. The normalized spacial score (nSPS) is 10.7. The first-order chi connectivity index (χ1) is 9.92. The zero-order valence-electron chi connectivity index (χ0n) is 11.1. The number of amides is 1. The van der Waals surface area contributed by atoms with Crippen LogP contribution in [0.4, 0.5) is 10.1 Å². The fourth-order valence-electron chi connectivity index (χ4n) is 1.93. The Balaban J connectivity index is 2.30. The number of nitrogens with zero attached hydrogens (tertiary/aromatic N) is 1. The van der Waals surface area contributed by atoms with Gasteiger partial charge in [0.25, 0.3) is 5.91 Å². The van der Waals surface area contributed by atoms with Gasteiger partial charge in [-0.05, 0) is 40.5 Å². The van der Waals surface area contributed by atoms with Gasteiger partial charge < -0.3 is 9.88 Å². The molecule has 1 N–H and O–H groups in total. The van der Waals surface area contributed by atoms with E-state index in [9.17, 15) is 9.18 Å². The number of carbonyl (C=O) groups is 1. The molecule has 0 spiro atoms. The summed E-state index contributed by atoms with van der Waals surface area (Å²) in [6, 6.07) is 3.91. The molecule has 1 aromatic carbocycles. The number of hydrogen-bond acceptors (Lipinski definition) is 1. The largest absolute Gasteiger partial charge is 0.342 e. The van der Waals surface area contributed by atoms with Crippen LogP contribution in [-0.2, 0) is 6.54 Å². The van der Waals surface area contributed by atoms with E-state index in [1.54, 1.807) is 6.07 Å². The molecular weight excluding hydrogens is 382 g/mol. The summed E-state index contributed by atoms with van der Waals surface area (Å²) in [5.41, 5.74) is 0.672. The molecule has 0 atom stereocenters. The minimum Gasteiger partial charge on any atom is -0.342 e. The van der Waals surface area contributed by atoms with Crippen LogP contribution < -0.4 is 5.32 Å². The average molecular weight is 394 g/mol. The van der Waals surface area contributed by atoms with Gasteiger partial charge in [-0.3, -0.25) is 4.79 Å². The molecule has 2 rings (SSSR count). The highest BCUT2D eigenvalue weighted by Gasteiger charge is 2.16. The number of anilines is 1. The van der Waals surface area contributed by atoms with E-state index in [4.69, 9.17) is 23.2 Å². The fraction of sp³-hybridized carbons (Fsp3) is 0.214. The molecule has 0 aliphatic heterocycles. The maximum absolute atomic E-state index is 13.1. The number of halogens is 4. The Bertz CT molecular complexity index is 665. The van der Waals surface area contributed by atoms with Crippen molar-refractivity contribution in [3.05, 3.63) is 50.4 Å². The molecule has 0 saturated carbocycles. The lowest BCUT2D eigenvalue weighted by atomic mass is 10.3. The van der Waals surface area contributed by atoms with E-state index in [1.165, 1.54) is 0 Å². The van der Waals surface area contributed by atoms with E-state index < -0.39 is 5.82 Å². The summed E-state index contributed by atoms with van der Waals surface area (Å²) in [6.07, 6.45) is 2.71. The molecule has 3 nitrogen and oxygen atoms in total. The van der Waals surface area contributed by atoms with Gasteiger partial charge in [0.05, 0.1) is 15.7 Å². The van der Waals surface area contributed by atoms with Crippen molar-refractivity contribution < 1.29 is 9.18 Å². The average Bonchev–Trinajstić information content (AvgIpc) is 2.75. The van der Waals surface area contributed by atoms with Crippen LogP contribution in [0, 0.1) is 5.82 Å². The maximum atomic E-state index is 13.1. The van der Waals surface area contributed by atoms with E-state index in [-0.39, 0.29) is 21.6 Å². The highest BCUT2D eigenvalue weighted by molar-refractivity contribution is 9.10. The molecule has 0 aliphatic rings. The molecular formula is C14H12BrCl2FN2O. The minimum atomic E-state index is -0.555. The number of aromatic nitrogens is 1. The number of hydrogen-bond donors (Lipinski definition) is 1. The standard InChI is InChI=1S/C14H12BrCl2FN2O/c1-2-3-20-7-8(15)4-12(20)14(21)19-13-10(16)5-9(18)6-11(13)17/h4-7H,2-3H2,1H3,(H,19,21). The lowest BCUT2D eigenvalue weighted by Crippen LogP contribution is -2.17. The molecule has 1 aromatic heterocycles. The van der Waals surface area contributed by atoms with Crippen molar-refractivity contribution in [2.75, 3.05) is 5.32 Å². The van der Waals surface area contributed by atoms with Gasteiger partial charge in [0.2, 0.25) is 0 Å². The third-order valence-corrected chi connectivity index (χ3v) is 3.84. The van der Waals surface area contributed by atoms with Crippen LogP contribution in [-0.4, -0.2) is 10.5 Å². The van der Waals surface area contributed by atoms with Gasteiger partial charge in [-0.25, -0.2) is 4.39 Å². The third-order valence-electron chi connectivity index (χ3n) is 2.81. The summed E-state index contributed by atoms with van der Waals surface area (Å²) in [7, 11) is 0. The zero-order valence-corrected chi connectivity index (χ0v) is 14.2. The number of nitrogens with one attached hydrogen (secondary N) is 1. The first-order valence-electron chi connectivity index (χ1n) is 6.24. The second-order valence-electron chi connectivity index (χ2n) is 4.44. The molecule has 0 fully saturated rings. The van der Waals surface area contributed by atoms with Crippen molar-refractivity contribution in [2.45, 2.75) is 19.9 Å². The molecule has 0 radical (unpaired) electrons. The Morgan fingerprint density at radius 1 is 1.33 bits per heavy atom. The van der Waals surface area contributed by atoms with Crippen LogP contribution >= 0.6 is 39.1 Å². The van der Waals surface area contributed by atoms with Crippen molar-refractivity contribution in [1.82, 2.24) is 4.57 Å². The molecule has 112 valence electrons. The van der Waals surface area contributed by atoms with Crippen molar-refractivity contribution >= 4 is 50.7 Å². The Labute approximate surface area is 140 Å². The van der Waals surface area contributed by atoms with E-state index >= 15 is 0 Å². The van der Waals surface area contributed by atoms with Gasteiger partial charge in [-0.1, -0.05) is 30.1 Å². The first kappa shape index (κ1) is 16.3. The van der Waals surface area contributed by atoms with Gasteiger partial charge in [0.15, 0.2) is 0 Å². The second kappa shape index (κ2) is 6.81. The summed E-state index contributed by atoms with van der Waals surface area (Å²) in [6.45, 7) is 2.72. The highest BCUT2D eigenvalue weighted by atomic mass is 79.9. The molecule has 21 heavy (non-hydrogen) atoms. The Morgan fingerprint density at radius 2 is 1.95 bits per heavy atom. The molecule has 0 unspecified atom stereocenters. The van der Waals surface area contributed by atoms with Crippen molar-refractivity contribution in [3.8, 4) is 0 Å². The van der Waals surface area contributed by atoms with Crippen molar-refractivity contribution in [3.63, 3.8) is 0 Å². The summed E-state index contributed by atoms with van der Waals surface area (Å²) in [5.74, 6) is -0.912. The molecule has 0 saturated heterocycles. The molecule has 1 heterocycles. The SMILES string of the molecule is CCCn1cc(Br)cc1C(=O)Nc1c(Cl)cc(F)cc1Cl. The Morgan fingerprint density at radius 3 is 2.52 bits per heavy atom. The zero-order chi connectivity index (χ0) is 15.6. The van der Waals surface area contributed by atoms with Crippen LogP contribution in [0.15, 0.2) is 28.9 Å². The highest BCUT2D eigenvalue weighted by Crippen LogP contribution is 2.32. The minimum absolute atomic E-state index is 0.0565. The summed E-state index contributed by atoms with van der Waals surface area (Å²) in [4.78, 5) is 12.3. The Kier molecular flexibility index (Phi) is 5.30. The first-order valence-corrected chi connectivity index (χ1v) is 7.78. The summed E-state index contributed by atoms with van der Waals surface area (Å²) in [5, 5.41) is 2.74. The molecule has 2 aromatic rings. The van der Waals surface area contributed by atoms with Gasteiger partial charge in [-0.2, -0.15) is 0 Å². The maximum Gasteiger partial charge on any atom is 0.272 e. The van der Waals surface area contributed by atoms with Gasteiger partial charge >= 0.3 is 0 Å². The quantitative estimate of drug-likeness (QED) is 0.745. The summed E-state index contributed by atoms with van der Waals surface area (Å²) < 4.78 is 15.8. The van der Waals surface area contributed by atoms with Crippen molar-refractivity contribution in [2.24, 2.45) is 0 Å². The summed E-state index contributed by atoms with van der Waals surface area (Å²) >= 11 is 15.2. The monoisotopic (exact) mass is 392 g/mol. The lowest BCUT2D eigenvalue weighted by Gasteiger charge is -2.11. The van der Waals surface area contributed by atoms with E-state index in [1.807, 2.05) is 17.7 Å². The topological polar surface area (TPSA) is 34.0 Å². The van der Waals surface area contributed by atoms with Gasteiger partial charge in [0, 0.05) is 17.2 Å². The van der Waals surface area contributed by atoms with Crippen LogP contribution in [0.25, 0.3) is 0 Å². The van der Waals surface area contributed by atoms with Gasteiger partial charge in [-0.15, -0.1) is 0 Å². The van der Waals surface area contributed by atoms with Crippen molar-refractivity contribution in [1.29, 1.82) is 0 Å². The van der Waals surface area contributed by atoms with Gasteiger partial charge in [0.1, 0.15) is 11.5 Å². The van der Waals surface area contributed by atoms with Crippen LogP contribution in [0.5, 0.6) is 0 Å². The molecule has 1 amide bonds. The lowest BCUT2D eigenvalue weighted by molar-refractivity contribution is 0.101. The number of rotatable bonds is 4. The molecule has 0 aliphatic carbocycles.